The third-order valence-corrected chi connectivity index (χ3v) is 6.11. The topological polar surface area (TPSA) is 132 Å². The predicted octanol–water partition coefficient (Wildman–Crippen LogP) is 2.92. The Labute approximate surface area is 172 Å². The minimum Gasteiger partial charge on any atom is -0.378 e. The van der Waals surface area contributed by atoms with Gasteiger partial charge in [0.15, 0.2) is 9.84 Å². The molecule has 0 amide bonds. The number of benzene rings is 1. The summed E-state index contributed by atoms with van der Waals surface area (Å²) in [4.78, 5) is 15.9. The van der Waals surface area contributed by atoms with E-state index < -0.39 is 14.8 Å². The molecule has 0 saturated carbocycles. The van der Waals surface area contributed by atoms with Crippen LogP contribution in [-0.4, -0.2) is 47.3 Å². The normalized spacial score (nSPS) is 12.3. The van der Waals surface area contributed by atoms with Crippen molar-refractivity contribution in [3.05, 3.63) is 40.2 Å². The van der Waals surface area contributed by atoms with Crippen LogP contribution in [0.1, 0.15) is 26.5 Å². The van der Waals surface area contributed by atoms with Crippen molar-refractivity contribution in [3.8, 4) is 0 Å². The van der Waals surface area contributed by atoms with Crippen LogP contribution in [0.4, 0.5) is 16.5 Å². The highest BCUT2D eigenvalue weighted by Gasteiger charge is 2.20. The molecule has 0 bridgehead atoms. The van der Waals surface area contributed by atoms with Crippen LogP contribution in [0.15, 0.2) is 29.3 Å². The first-order chi connectivity index (χ1) is 13.4. The third kappa shape index (κ3) is 4.82. The van der Waals surface area contributed by atoms with E-state index in [1.165, 1.54) is 23.5 Å². The summed E-state index contributed by atoms with van der Waals surface area (Å²) >= 11 is 1.42. The van der Waals surface area contributed by atoms with Gasteiger partial charge < -0.3 is 10.6 Å². The number of anilines is 2. The molecular weight excluding hydrogens is 416 g/mol. The van der Waals surface area contributed by atoms with Crippen molar-refractivity contribution in [2.45, 2.75) is 31.1 Å². The van der Waals surface area contributed by atoms with E-state index in [0.717, 1.165) is 23.0 Å². The summed E-state index contributed by atoms with van der Waals surface area (Å²) in [7, 11) is -3.52. The summed E-state index contributed by atoms with van der Waals surface area (Å²) in [6.45, 7) is 7.12. The predicted molar refractivity (Wildman–Crippen MR) is 113 cm³/mol. The summed E-state index contributed by atoms with van der Waals surface area (Å²) in [5.41, 5.74) is 0.893. The zero-order valence-corrected chi connectivity index (χ0v) is 18.1. The second-order valence-electron chi connectivity index (χ2n) is 7.57. The van der Waals surface area contributed by atoms with E-state index in [2.05, 4.69) is 41.5 Å². The highest BCUT2D eigenvalue weighted by Crippen LogP contribution is 2.28. The molecule has 0 aliphatic rings. The second kappa shape index (κ2) is 7.59. The van der Waals surface area contributed by atoms with Gasteiger partial charge in [-0.1, -0.05) is 32.1 Å². The van der Waals surface area contributed by atoms with E-state index in [-0.39, 0.29) is 21.7 Å². The van der Waals surface area contributed by atoms with Crippen LogP contribution in [-0.2, 0) is 15.3 Å². The number of nitro groups is 1. The van der Waals surface area contributed by atoms with Gasteiger partial charge in [-0.3, -0.25) is 10.1 Å². The number of nitro benzene ring substituents is 1. The lowest BCUT2D eigenvalue weighted by Gasteiger charge is -2.13. The van der Waals surface area contributed by atoms with E-state index in [1.54, 1.807) is 4.52 Å². The van der Waals surface area contributed by atoms with Gasteiger partial charge in [0.05, 0.1) is 21.7 Å². The van der Waals surface area contributed by atoms with Crippen molar-refractivity contribution in [1.82, 2.24) is 14.6 Å². The summed E-state index contributed by atoms with van der Waals surface area (Å²) in [6, 6.07) is 3.81. The number of nitrogens with one attached hydrogen (secondary N) is 2. The van der Waals surface area contributed by atoms with Gasteiger partial charge in [0.25, 0.3) is 5.69 Å². The highest BCUT2D eigenvalue weighted by atomic mass is 32.2. The monoisotopic (exact) mass is 438 g/mol. The lowest BCUT2D eigenvalue weighted by molar-refractivity contribution is -0.384. The fourth-order valence-corrected chi connectivity index (χ4v) is 3.99. The number of fused-ring (bicyclic) bond motifs is 1. The van der Waals surface area contributed by atoms with Crippen molar-refractivity contribution < 1.29 is 13.3 Å². The first kappa shape index (κ1) is 21.0. The molecule has 0 aliphatic carbocycles. The van der Waals surface area contributed by atoms with Crippen molar-refractivity contribution in [3.63, 3.8) is 0 Å². The molecule has 0 fully saturated rings. The molecule has 2 aromatic heterocycles. The van der Waals surface area contributed by atoms with Gasteiger partial charge >= 0.3 is 0 Å². The lowest BCUT2D eigenvalue weighted by atomic mass is 9.93. The summed E-state index contributed by atoms with van der Waals surface area (Å²) in [5.74, 6) is 0. The maximum Gasteiger partial charge on any atom is 0.293 e. The highest BCUT2D eigenvalue weighted by molar-refractivity contribution is 7.90. The van der Waals surface area contributed by atoms with Crippen LogP contribution in [0.3, 0.4) is 0 Å². The Morgan fingerprint density at radius 1 is 1.24 bits per heavy atom. The van der Waals surface area contributed by atoms with Crippen LogP contribution in [0.2, 0.25) is 0 Å². The van der Waals surface area contributed by atoms with Gasteiger partial charge in [-0.2, -0.15) is 0 Å². The quantitative estimate of drug-likeness (QED) is 0.327. The molecule has 12 heteroatoms. The Hall–Kier alpha value is -2.73. The molecule has 3 aromatic rings. The SMILES string of the molecule is CC(C)(C)c1cn2nc(NCCNc3ccc(S(C)(=O)=O)cc3[N+](=O)[O-])sc2n1. The second-order valence-corrected chi connectivity index (χ2v) is 10.5. The molecule has 0 radical (unpaired) electrons. The average Bonchev–Trinajstić information content (AvgIpc) is 3.16. The number of hydrogen-bond donors (Lipinski definition) is 2. The van der Waals surface area contributed by atoms with Gasteiger partial charge in [-0.25, -0.2) is 17.9 Å². The molecule has 29 heavy (non-hydrogen) atoms. The largest absolute Gasteiger partial charge is 0.378 e. The van der Waals surface area contributed by atoms with Gasteiger partial charge in [0, 0.05) is 30.8 Å². The summed E-state index contributed by atoms with van der Waals surface area (Å²) in [5, 5.41) is 22.5. The zero-order valence-electron chi connectivity index (χ0n) is 16.5. The van der Waals surface area contributed by atoms with E-state index in [4.69, 9.17) is 0 Å². The van der Waals surface area contributed by atoms with E-state index in [0.29, 0.717) is 18.2 Å². The molecule has 10 nitrogen and oxygen atoms in total. The van der Waals surface area contributed by atoms with E-state index in [1.807, 2.05) is 6.20 Å². The average molecular weight is 439 g/mol. The van der Waals surface area contributed by atoms with Crippen molar-refractivity contribution in [2.24, 2.45) is 0 Å². The first-order valence-electron chi connectivity index (χ1n) is 8.78. The Bertz CT molecular complexity index is 1130. The standard InChI is InChI=1S/C17H22N6O4S2/c1-17(2,3)14-10-22-16(20-14)28-15(21-22)19-8-7-18-12-6-5-11(29(4,26)27)9-13(12)23(24)25/h5-6,9-10,18H,7-8H2,1-4H3,(H,19,21). The molecule has 0 unspecified atom stereocenters. The number of nitrogens with zero attached hydrogens (tertiary/aromatic N) is 4. The van der Waals surface area contributed by atoms with E-state index in [9.17, 15) is 18.5 Å². The fourth-order valence-electron chi connectivity index (χ4n) is 2.54. The van der Waals surface area contributed by atoms with Crippen molar-refractivity contribution in [1.29, 1.82) is 0 Å². The molecular formula is C17H22N6O4S2. The Morgan fingerprint density at radius 2 is 1.93 bits per heavy atom. The summed E-state index contributed by atoms with van der Waals surface area (Å²) in [6.07, 6.45) is 2.92. The molecule has 3 rings (SSSR count). The van der Waals surface area contributed by atoms with Gasteiger partial charge in [0.2, 0.25) is 10.1 Å². The Morgan fingerprint density at radius 3 is 2.52 bits per heavy atom. The summed E-state index contributed by atoms with van der Waals surface area (Å²) < 4.78 is 24.9. The minimum atomic E-state index is -3.52. The van der Waals surface area contributed by atoms with Crippen LogP contribution < -0.4 is 10.6 Å². The molecule has 2 heterocycles. The number of rotatable bonds is 7. The Kier molecular flexibility index (Phi) is 5.50. The lowest BCUT2D eigenvalue weighted by Crippen LogP contribution is -2.15. The first-order valence-corrected chi connectivity index (χ1v) is 11.5. The van der Waals surface area contributed by atoms with Crippen LogP contribution >= 0.6 is 11.3 Å². The fraction of sp³-hybridized carbons (Fsp3) is 0.412. The number of aromatic nitrogens is 3. The molecule has 0 spiro atoms. The molecule has 2 N–H and O–H groups in total. The number of imidazole rings is 1. The minimum absolute atomic E-state index is 0.0493. The molecule has 156 valence electrons. The van der Waals surface area contributed by atoms with Crippen LogP contribution in [0, 0.1) is 10.1 Å². The maximum absolute atomic E-state index is 11.6. The maximum atomic E-state index is 11.6. The molecule has 0 saturated heterocycles. The van der Waals surface area contributed by atoms with Gasteiger partial charge in [0.1, 0.15) is 5.69 Å². The number of sulfone groups is 1. The van der Waals surface area contributed by atoms with Gasteiger partial charge in [-0.15, -0.1) is 5.10 Å². The van der Waals surface area contributed by atoms with Crippen LogP contribution in [0.25, 0.3) is 4.96 Å². The number of hydrogen-bond acceptors (Lipinski definition) is 9. The van der Waals surface area contributed by atoms with Crippen LogP contribution in [0.5, 0.6) is 0 Å². The third-order valence-electron chi connectivity index (χ3n) is 4.12. The molecule has 1 aromatic carbocycles. The van der Waals surface area contributed by atoms with Crippen molar-refractivity contribution in [2.75, 3.05) is 30.0 Å². The Balaban J connectivity index is 1.62. The molecule has 0 atom stereocenters. The van der Waals surface area contributed by atoms with Gasteiger partial charge in [-0.05, 0) is 12.1 Å². The smallest absolute Gasteiger partial charge is 0.293 e. The zero-order chi connectivity index (χ0) is 21.4. The molecule has 0 aliphatic heterocycles. The van der Waals surface area contributed by atoms with Crippen molar-refractivity contribution >= 4 is 42.6 Å². The van der Waals surface area contributed by atoms with E-state index >= 15 is 0 Å².